The molecule has 0 saturated carbocycles. The molecule has 2 nitrogen and oxygen atoms in total. The van der Waals surface area contributed by atoms with E-state index in [1.807, 2.05) is 42.6 Å². The molecular weight excluding hydrogens is 210 g/mol. The van der Waals surface area contributed by atoms with Crippen molar-refractivity contribution in [2.24, 2.45) is 0 Å². The van der Waals surface area contributed by atoms with Crippen LogP contribution in [0.1, 0.15) is 10.4 Å². The fourth-order valence-electron chi connectivity index (χ4n) is 2.05. The van der Waals surface area contributed by atoms with Crippen molar-refractivity contribution in [3.8, 4) is 11.1 Å². The quantitative estimate of drug-likeness (QED) is 0.658. The van der Waals surface area contributed by atoms with E-state index in [2.05, 4.69) is 17.1 Å². The van der Waals surface area contributed by atoms with Crippen LogP contribution in [0.4, 0.5) is 0 Å². The lowest BCUT2D eigenvalue weighted by Gasteiger charge is -1.99. The Balaban J connectivity index is 2.16. The van der Waals surface area contributed by atoms with E-state index in [-0.39, 0.29) is 0 Å². The van der Waals surface area contributed by atoms with Crippen LogP contribution in [0.15, 0.2) is 54.7 Å². The number of rotatable bonds is 2. The van der Waals surface area contributed by atoms with Gasteiger partial charge in [-0.15, -0.1) is 0 Å². The molecular formula is C15H11NO. The van der Waals surface area contributed by atoms with Crippen molar-refractivity contribution in [2.75, 3.05) is 0 Å². The van der Waals surface area contributed by atoms with E-state index in [0.29, 0.717) is 5.56 Å². The first kappa shape index (κ1) is 9.85. The predicted octanol–water partition coefficient (Wildman–Crippen LogP) is 3.65. The Morgan fingerprint density at radius 2 is 1.71 bits per heavy atom. The van der Waals surface area contributed by atoms with Gasteiger partial charge in [0, 0.05) is 28.2 Å². The second-order valence-corrected chi connectivity index (χ2v) is 3.99. The summed E-state index contributed by atoms with van der Waals surface area (Å²) in [6, 6.07) is 15.8. The second-order valence-electron chi connectivity index (χ2n) is 3.99. The van der Waals surface area contributed by atoms with Crippen LogP contribution in [0.2, 0.25) is 0 Å². The van der Waals surface area contributed by atoms with Crippen LogP contribution in [0, 0.1) is 0 Å². The fraction of sp³-hybridized carbons (Fsp3) is 0. The molecule has 1 aromatic heterocycles. The lowest BCUT2D eigenvalue weighted by molar-refractivity contribution is 0.112. The normalized spacial score (nSPS) is 10.6. The summed E-state index contributed by atoms with van der Waals surface area (Å²) in [5.74, 6) is 0. The summed E-state index contributed by atoms with van der Waals surface area (Å²) in [4.78, 5) is 13.9. The van der Waals surface area contributed by atoms with E-state index >= 15 is 0 Å². The number of hydrogen-bond donors (Lipinski definition) is 1. The molecule has 82 valence electrons. The molecule has 0 saturated heterocycles. The van der Waals surface area contributed by atoms with E-state index in [9.17, 15) is 4.79 Å². The van der Waals surface area contributed by atoms with Gasteiger partial charge in [0.05, 0.1) is 0 Å². The predicted molar refractivity (Wildman–Crippen MR) is 69.1 cm³/mol. The highest BCUT2D eigenvalue weighted by Gasteiger charge is 2.04. The van der Waals surface area contributed by atoms with E-state index in [1.54, 1.807) is 0 Å². The number of aldehydes is 1. The number of para-hydroxylation sites is 1. The molecule has 1 heterocycles. The Morgan fingerprint density at radius 3 is 2.47 bits per heavy atom. The lowest BCUT2D eigenvalue weighted by atomic mass is 10.0. The number of carbonyl (C=O) groups excluding carboxylic acids is 1. The maximum atomic E-state index is 10.6. The van der Waals surface area contributed by atoms with Crippen LogP contribution >= 0.6 is 0 Å². The molecule has 0 aliphatic carbocycles. The van der Waals surface area contributed by atoms with Gasteiger partial charge in [0.2, 0.25) is 0 Å². The topological polar surface area (TPSA) is 32.9 Å². The number of hydrogen-bond acceptors (Lipinski definition) is 1. The van der Waals surface area contributed by atoms with E-state index in [0.717, 1.165) is 22.9 Å². The van der Waals surface area contributed by atoms with Crippen LogP contribution in [0.5, 0.6) is 0 Å². The SMILES string of the molecule is O=Cc1ccc(-c2c[nH]c3ccccc23)cc1. The van der Waals surface area contributed by atoms with Crippen molar-refractivity contribution in [1.82, 2.24) is 4.98 Å². The maximum absolute atomic E-state index is 10.6. The molecule has 17 heavy (non-hydrogen) atoms. The molecule has 0 atom stereocenters. The molecule has 0 amide bonds. The summed E-state index contributed by atoms with van der Waals surface area (Å²) in [7, 11) is 0. The summed E-state index contributed by atoms with van der Waals surface area (Å²) in [5.41, 5.74) is 4.11. The van der Waals surface area contributed by atoms with Crippen LogP contribution in [0.3, 0.4) is 0 Å². The fourth-order valence-corrected chi connectivity index (χ4v) is 2.05. The third kappa shape index (κ3) is 1.64. The zero-order chi connectivity index (χ0) is 11.7. The van der Waals surface area contributed by atoms with Crippen molar-refractivity contribution < 1.29 is 4.79 Å². The Bertz CT molecular complexity index is 665. The number of aromatic nitrogens is 1. The summed E-state index contributed by atoms with van der Waals surface area (Å²) >= 11 is 0. The highest BCUT2D eigenvalue weighted by Crippen LogP contribution is 2.28. The summed E-state index contributed by atoms with van der Waals surface area (Å²) in [5, 5.41) is 1.20. The van der Waals surface area contributed by atoms with Gasteiger partial charge in [0.15, 0.2) is 0 Å². The molecule has 2 heteroatoms. The molecule has 2 aromatic carbocycles. The van der Waals surface area contributed by atoms with Crippen molar-refractivity contribution in [3.05, 3.63) is 60.3 Å². The summed E-state index contributed by atoms with van der Waals surface area (Å²) in [6.45, 7) is 0. The number of nitrogens with one attached hydrogen (secondary N) is 1. The van der Waals surface area contributed by atoms with Gasteiger partial charge < -0.3 is 4.98 Å². The van der Waals surface area contributed by atoms with Crippen molar-refractivity contribution in [3.63, 3.8) is 0 Å². The maximum Gasteiger partial charge on any atom is 0.150 e. The van der Waals surface area contributed by atoms with Gasteiger partial charge in [-0.25, -0.2) is 0 Å². The molecule has 3 aromatic rings. The van der Waals surface area contributed by atoms with E-state index in [1.165, 1.54) is 5.39 Å². The Hall–Kier alpha value is -2.35. The Kier molecular flexibility index (Phi) is 2.26. The van der Waals surface area contributed by atoms with Crippen molar-refractivity contribution in [1.29, 1.82) is 0 Å². The Morgan fingerprint density at radius 1 is 0.941 bits per heavy atom. The number of carbonyl (C=O) groups is 1. The largest absolute Gasteiger partial charge is 0.361 e. The number of H-pyrrole nitrogens is 1. The standard InChI is InChI=1S/C15H11NO/c17-10-11-5-7-12(8-6-11)14-9-16-15-4-2-1-3-13(14)15/h1-10,16H. The molecule has 0 bridgehead atoms. The van der Waals surface area contributed by atoms with Crippen LogP contribution in [-0.2, 0) is 0 Å². The van der Waals surface area contributed by atoms with Gasteiger partial charge in [0.1, 0.15) is 6.29 Å². The van der Waals surface area contributed by atoms with E-state index in [4.69, 9.17) is 0 Å². The highest BCUT2D eigenvalue weighted by atomic mass is 16.1. The number of aromatic amines is 1. The number of fused-ring (bicyclic) bond motifs is 1. The zero-order valence-corrected chi connectivity index (χ0v) is 9.18. The van der Waals surface area contributed by atoms with Crippen LogP contribution in [-0.4, -0.2) is 11.3 Å². The van der Waals surface area contributed by atoms with Crippen LogP contribution < -0.4 is 0 Å². The van der Waals surface area contributed by atoms with Crippen molar-refractivity contribution >= 4 is 17.2 Å². The van der Waals surface area contributed by atoms with Gasteiger partial charge in [-0.2, -0.15) is 0 Å². The first-order valence-corrected chi connectivity index (χ1v) is 5.50. The van der Waals surface area contributed by atoms with Gasteiger partial charge >= 0.3 is 0 Å². The molecule has 0 fully saturated rings. The second kappa shape index (κ2) is 3.91. The minimum atomic E-state index is 0.702. The molecule has 0 unspecified atom stereocenters. The zero-order valence-electron chi connectivity index (χ0n) is 9.18. The van der Waals surface area contributed by atoms with Gasteiger partial charge in [-0.3, -0.25) is 4.79 Å². The van der Waals surface area contributed by atoms with Gasteiger partial charge in [-0.05, 0) is 11.6 Å². The third-order valence-electron chi connectivity index (χ3n) is 2.95. The third-order valence-corrected chi connectivity index (χ3v) is 2.95. The summed E-state index contributed by atoms with van der Waals surface area (Å²) < 4.78 is 0. The number of benzene rings is 2. The average molecular weight is 221 g/mol. The summed E-state index contributed by atoms with van der Waals surface area (Å²) in [6.07, 6.45) is 2.86. The van der Waals surface area contributed by atoms with Crippen molar-refractivity contribution in [2.45, 2.75) is 0 Å². The minimum Gasteiger partial charge on any atom is -0.361 e. The molecule has 0 spiro atoms. The minimum absolute atomic E-state index is 0.702. The van der Waals surface area contributed by atoms with Gasteiger partial charge in [-0.1, -0.05) is 42.5 Å². The smallest absolute Gasteiger partial charge is 0.150 e. The monoisotopic (exact) mass is 221 g/mol. The van der Waals surface area contributed by atoms with E-state index < -0.39 is 0 Å². The molecule has 0 aliphatic heterocycles. The first-order valence-electron chi connectivity index (χ1n) is 5.50. The Labute approximate surface area is 98.9 Å². The highest BCUT2D eigenvalue weighted by molar-refractivity contribution is 5.95. The first-order chi connectivity index (χ1) is 8.38. The van der Waals surface area contributed by atoms with Gasteiger partial charge in [0.25, 0.3) is 0 Å². The lowest BCUT2D eigenvalue weighted by Crippen LogP contribution is -1.80. The molecule has 0 aliphatic rings. The van der Waals surface area contributed by atoms with Crippen LogP contribution in [0.25, 0.3) is 22.0 Å². The molecule has 1 N–H and O–H groups in total. The molecule has 3 rings (SSSR count). The molecule has 0 radical (unpaired) electrons. The average Bonchev–Trinajstić information content (AvgIpc) is 2.83.